The van der Waals surface area contributed by atoms with Gasteiger partial charge >= 0.3 is 5.97 Å². The average molecular weight is 214 g/mol. The molecular formula is C10H14O5. The number of carbonyl (C=O) groups excluding carboxylic acids is 1. The molecule has 5 heteroatoms. The Kier molecular flexibility index (Phi) is 4.86. The van der Waals surface area contributed by atoms with Crippen LogP contribution in [0.4, 0.5) is 0 Å². The van der Waals surface area contributed by atoms with E-state index in [0.29, 0.717) is 5.76 Å². The van der Waals surface area contributed by atoms with Gasteiger partial charge in [-0.15, -0.1) is 0 Å². The van der Waals surface area contributed by atoms with Crippen molar-refractivity contribution in [2.45, 2.75) is 6.92 Å². The van der Waals surface area contributed by atoms with E-state index in [0.717, 1.165) is 0 Å². The summed E-state index contributed by atoms with van der Waals surface area (Å²) in [4.78, 5) is 11.3. The number of furan rings is 1. The smallest absolute Gasteiger partial charge is 0.374 e. The fourth-order valence-electron chi connectivity index (χ4n) is 0.975. The molecule has 0 aliphatic carbocycles. The Hall–Kier alpha value is -1.33. The van der Waals surface area contributed by atoms with Gasteiger partial charge in [-0.3, -0.25) is 0 Å². The Morgan fingerprint density at radius 2 is 2.20 bits per heavy atom. The summed E-state index contributed by atoms with van der Waals surface area (Å²) in [7, 11) is 0. The molecule has 0 bridgehead atoms. The number of aryl methyl sites for hydroxylation is 1. The summed E-state index contributed by atoms with van der Waals surface area (Å²) in [5.74, 6) is 0.351. The van der Waals surface area contributed by atoms with Gasteiger partial charge in [-0.1, -0.05) is 0 Å². The van der Waals surface area contributed by atoms with E-state index in [4.69, 9.17) is 19.0 Å². The topological polar surface area (TPSA) is 68.9 Å². The van der Waals surface area contributed by atoms with Crippen molar-refractivity contribution in [3.05, 3.63) is 23.7 Å². The van der Waals surface area contributed by atoms with Gasteiger partial charge in [0.05, 0.1) is 19.8 Å². The summed E-state index contributed by atoms with van der Waals surface area (Å²) in [6.45, 7) is 2.38. The van der Waals surface area contributed by atoms with E-state index >= 15 is 0 Å². The minimum Gasteiger partial charge on any atom is -0.457 e. The Balaban J connectivity index is 2.19. The van der Waals surface area contributed by atoms with Crippen LogP contribution in [0.2, 0.25) is 0 Å². The first-order valence-electron chi connectivity index (χ1n) is 4.66. The van der Waals surface area contributed by atoms with Crippen LogP contribution in [0.5, 0.6) is 0 Å². The summed E-state index contributed by atoms with van der Waals surface area (Å²) >= 11 is 0. The third-order valence-corrected chi connectivity index (χ3v) is 1.64. The molecule has 0 aromatic carbocycles. The molecule has 84 valence electrons. The maximum Gasteiger partial charge on any atom is 0.374 e. The van der Waals surface area contributed by atoms with E-state index < -0.39 is 5.97 Å². The summed E-state index contributed by atoms with van der Waals surface area (Å²) in [5, 5.41) is 8.41. The molecule has 0 radical (unpaired) electrons. The summed E-state index contributed by atoms with van der Waals surface area (Å²) in [6.07, 6.45) is 0. The molecule has 1 aromatic rings. The highest BCUT2D eigenvalue weighted by molar-refractivity contribution is 5.86. The highest BCUT2D eigenvalue weighted by Crippen LogP contribution is 2.07. The SMILES string of the molecule is Cc1ccc(C(=O)OCCOCCO)o1. The highest BCUT2D eigenvalue weighted by Gasteiger charge is 2.10. The van der Waals surface area contributed by atoms with Gasteiger partial charge in [0.25, 0.3) is 0 Å². The lowest BCUT2D eigenvalue weighted by Crippen LogP contribution is -2.11. The molecule has 1 N–H and O–H groups in total. The van der Waals surface area contributed by atoms with Crippen LogP contribution in [0, 0.1) is 6.92 Å². The Morgan fingerprint density at radius 3 is 2.80 bits per heavy atom. The Bertz CT molecular complexity index is 305. The van der Waals surface area contributed by atoms with Crippen molar-refractivity contribution in [1.29, 1.82) is 0 Å². The minimum absolute atomic E-state index is 0.0364. The molecule has 0 atom stereocenters. The molecule has 5 nitrogen and oxygen atoms in total. The lowest BCUT2D eigenvalue weighted by molar-refractivity contribution is 0.0231. The van der Waals surface area contributed by atoms with Crippen LogP contribution in [0.25, 0.3) is 0 Å². The van der Waals surface area contributed by atoms with Gasteiger partial charge in [0.15, 0.2) is 0 Å². The molecule has 0 saturated heterocycles. The lowest BCUT2D eigenvalue weighted by atomic mass is 10.4. The molecule has 0 unspecified atom stereocenters. The van der Waals surface area contributed by atoms with Gasteiger partial charge in [0.1, 0.15) is 12.4 Å². The van der Waals surface area contributed by atoms with Gasteiger partial charge in [-0.25, -0.2) is 4.79 Å². The number of rotatable bonds is 6. The van der Waals surface area contributed by atoms with Crippen molar-refractivity contribution < 1.29 is 23.8 Å². The monoisotopic (exact) mass is 214 g/mol. The molecule has 0 saturated carbocycles. The summed E-state index contributed by atoms with van der Waals surface area (Å²) in [5.41, 5.74) is 0. The van der Waals surface area contributed by atoms with Crippen molar-refractivity contribution in [2.24, 2.45) is 0 Å². The molecule has 0 aliphatic heterocycles. The van der Waals surface area contributed by atoms with Gasteiger partial charge in [-0.05, 0) is 19.1 Å². The second kappa shape index (κ2) is 6.21. The van der Waals surface area contributed by atoms with Crippen molar-refractivity contribution in [2.75, 3.05) is 26.4 Å². The molecule has 15 heavy (non-hydrogen) atoms. The number of carbonyl (C=O) groups is 1. The number of hydrogen-bond acceptors (Lipinski definition) is 5. The first-order valence-corrected chi connectivity index (χ1v) is 4.66. The lowest BCUT2D eigenvalue weighted by Gasteiger charge is -2.03. The van der Waals surface area contributed by atoms with Crippen LogP contribution in [0.15, 0.2) is 16.5 Å². The molecule has 0 fully saturated rings. The van der Waals surface area contributed by atoms with E-state index in [2.05, 4.69) is 0 Å². The van der Waals surface area contributed by atoms with E-state index in [9.17, 15) is 4.79 Å². The largest absolute Gasteiger partial charge is 0.457 e. The van der Waals surface area contributed by atoms with Crippen molar-refractivity contribution in [3.63, 3.8) is 0 Å². The predicted octanol–water partition coefficient (Wildman–Crippen LogP) is 0.754. The number of hydrogen-bond donors (Lipinski definition) is 1. The van der Waals surface area contributed by atoms with Crippen LogP contribution in [-0.4, -0.2) is 37.5 Å². The molecular weight excluding hydrogens is 200 g/mol. The van der Waals surface area contributed by atoms with Crippen molar-refractivity contribution >= 4 is 5.97 Å². The molecule has 1 rings (SSSR count). The molecule has 1 heterocycles. The zero-order valence-electron chi connectivity index (χ0n) is 8.56. The average Bonchev–Trinajstić information content (AvgIpc) is 2.64. The number of ether oxygens (including phenoxy) is 2. The zero-order chi connectivity index (χ0) is 11.1. The van der Waals surface area contributed by atoms with Gasteiger partial charge in [0, 0.05) is 0 Å². The van der Waals surface area contributed by atoms with Crippen molar-refractivity contribution in [1.82, 2.24) is 0 Å². The highest BCUT2D eigenvalue weighted by atomic mass is 16.6. The van der Waals surface area contributed by atoms with Crippen LogP contribution in [0.3, 0.4) is 0 Å². The fraction of sp³-hybridized carbons (Fsp3) is 0.500. The second-order valence-electron chi connectivity index (χ2n) is 2.88. The van der Waals surface area contributed by atoms with Crippen molar-refractivity contribution in [3.8, 4) is 0 Å². The van der Waals surface area contributed by atoms with Gasteiger partial charge in [0.2, 0.25) is 5.76 Å². The van der Waals surface area contributed by atoms with Crippen LogP contribution in [0.1, 0.15) is 16.3 Å². The Labute approximate surface area is 87.6 Å². The van der Waals surface area contributed by atoms with Crippen LogP contribution >= 0.6 is 0 Å². The first kappa shape index (κ1) is 11.7. The zero-order valence-corrected chi connectivity index (χ0v) is 8.56. The number of aliphatic hydroxyl groups excluding tert-OH is 1. The third kappa shape index (κ3) is 4.14. The second-order valence-corrected chi connectivity index (χ2v) is 2.88. The molecule has 1 aromatic heterocycles. The normalized spacial score (nSPS) is 10.3. The third-order valence-electron chi connectivity index (χ3n) is 1.64. The minimum atomic E-state index is -0.504. The predicted molar refractivity (Wildman–Crippen MR) is 51.6 cm³/mol. The summed E-state index contributed by atoms with van der Waals surface area (Å²) < 4.78 is 14.8. The van der Waals surface area contributed by atoms with E-state index in [1.807, 2.05) is 0 Å². The van der Waals surface area contributed by atoms with E-state index in [1.165, 1.54) is 0 Å². The maximum absolute atomic E-state index is 11.3. The van der Waals surface area contributed by atoms with E-state index in [1.54, 1.807) is 19.1 Å². The quantitative estimate of drug-likeness (QED) is 0.559. The van der Waals surface area contributed by atoms with E-state index in [-0.39, 0.29) is 32.2 Å². The first-order chi connectivity index (χ1) is 7.24. The Morgan fingerprint density at radius 1 is 1.40 bits per heavy atom. The molecule has 0 aliphatic rings. The van der Waals surface area contributed by atoms with Crippen LogP contribution < -0.4 is 0 Å². The van der Waals surface area contributed by atoms with Gasteiger partial charge in [-0.2, -0.15) is 0 Å². The molecule has 0 spiro atoms. The molecule has 0 amide bonds. The fourth-order valence-corrected chi connectivity index (χ4v) is 0.975. The number of esters is 1. The standard InChI is InChI=1S/C10H14O5/c1-8-2-3-9(15-8)10(12)14-7-6-13-5-4-11/h2-3,11H,4-7H2,1H3. The maximum atomic E-state index is 11.3. The number of aliphatic hydroxyl groups is 1. The van der Waals surface area contributed by atoms with Crippen LogP contribution in [-0.2, 0) is 9.47 Å². The summed E-state index contributed by atoms with van der Waals surface area (Å²) in [6, 6.07) is 3.26. The van der Waals surface area contributed by atoms with Gasteiger partial charge < -0.3 is 19.0 Å².